The van der Waals surface area contributed by atoms with E-state index >= 15 is 0 Å². The van der Waals surface area contributed by atoms with Crippen molar-refractivity contribution in [2.24, 2.45) is 0 Å². The Morgan fingerprint density at radius 2 is 2.22 bits per heavy atom. The number of carbonyl (C=O) groups excluding carboxylic acids is 1. The average Bonchev–Trinajstić information content (AvgIpc) is 2.60. The smallest absolute Gasteiger partial charge is 0.234 e. The number of rotatable bonds is 6. The van der Waals surface area contributed by atoms with E-state index in [2.05, 4.69) is 10.3 Å². The van der Waals surface area contributed by atoms with Crippen molar-refractivity contribution in [1.82, 2.24) is 15.2 Å². The Balaban J connectivity index is 1.66. The van der Waals surface area contributed by atoms with Crippen LogP contribution in [0.5, 0.6) is 11.5 Å². The maximum Gasteiger partial charge on any atom is 0.234 e. The minimum atomic E-state index is -0.362. The third-order valence-electron chi connectivity index (χ3n) is 4.60. The summed E-state index contributed by atoms with van der Waals surface area (Å²) in [5.74, 6) is 1.50. The highest BCUT2D eigenvalue weighted by molar-refractivity contribution is 5.78. The van der Waals surface area contributed by atoms with Crippen molar-refractivity contribution in [3.63, 3.8) is 0 Å². The van der Waals surface area contributed by atoms with E-state index in [4.69, 9.17) is 9.47 Å². The molecule has 0 fully saturated rings. The lowest BCUT2D eigenvalue weighted by Crippen LogP contribution is -2.43. The summed E-state index contributed by atoms with van der Waals surface area (Å²) >= 11 is 0. The first-order valence-corrected chi connectivity index (χ1v) is 9.10. The van der Waals surface area contributed by atoms with Crippen LogP contribution in [0, 0.1) is 0 Å². The van der Waals surface area contributed by atoms with Crippen LogP contribution in [0.2, 0.25) is 0 Å². The van der Waals surface area contributed by atoms with E-state index < -0.39 is 0 Å². The van der Waals surface area contributed by atoms with Gasteiger partial charge in [0.2, 0.25) is 5.91 Å². The number of pyridine rings is 1. The molecule has 6 nitrogen and oxygen atoms in total. The van der Waals surface area contributed by atoms with Crippen LogP contribution in [-0.2, 0) is 11.3 Å². The standard InChI is InChI=1S/C21H27N3O3/c1-21(2)11-18(17-8-7-16(26-4)10-19(17)27-21)23-20(25)14-24(3)13-15-6-5-9-22-12-15/h5-10,12,18H,11,13-14H2,1-4H3,(H,23,25). The van der Waals surface area contributed by atoms with Gasteiger partial charge in [-0.15, -0.1) is 0 Å². The minimum absolute atomic E-state index is 0.00846. The predicted octanol–water partition coefficient (Wildman–Crippen LogP) is 2.94. The van der Waals surface area contributed by atoms with Crippen molar-refractivity contribution < 1.29 is 14.3 Å². The first kappa shape index (κ1) is 19.2. The van der Waals surface area contributed by atoms with Gasteiger partial charge < -0.3 is 14.8 Å². The van der Waals surface area contributed by atoms with Gasteiger partial charge in [0.1, 0.15) is 17.1 Å². The summed E-state index contributed by atoms with van der Waals surface area (Å²) in [4.78, 5) is 18.7. The molecule has 0 bridgehead atoms. The summed E-state index contributed by atoms with van der Waals surface area (Å²) < 4.78 is 11.4. The molecule has 144 valence electrons. The molecule has 0 radical (unpaired) electrons. The number of nitrogens with zero attached hydrogens (tertiary/aromatic N) is 2. The molecular formula is C21H27N3O3. The SMILES string of the molecule is COc1ccc2c(c1)OC(C)(C)CC2NC(=O)CN(C)Cc1cccnc1. The molecule has 1 amide bonds. The second-order valence-corrected chi connectivity index (χ2v) is 7.62. The fourth-order valence-electron chi connectivity index (χ4n) is 3.43. The molecule has 1 unspecified atom stereocenters. The Morgan fingerprint density at radius 1 is 1.41 bits per heavy atom. The van der Waals surface area contributed by atoms with E-state index in [0.29, 0.717) is 19.5 Å². The van der Waals surface area contributed by atoms with E-state index in [0.717, 1.165) is 22.6 Å². The Morgan fingerprint density at radius 3 is 2.93 bits per heavy atom. The molecule has 0 saturated heterocycles. The lowest BCUT2D eigenvalue weighted by Gasteiger charge is -2.38. The van der Waals surface area contributed by atoms with E-state index in [1.54, 1.807) is 13.3 Å². The van der Waals surface area contributed by atoms with Crippen LogP contribution in [0.25, 0.3) is 0 Å². The minimum Gasteiger partial charge on any atom is -0.497 e. The third-order valence-corrected chi connectivity index (χ3v) is 4.60. The van der Waals surface area contributed by atoms with Gasteiger partial charge in [-0.05, 0) is 44.7 Å². The van der Waals surface area contributed by atoms with E-state index in [1.807, 2.05) is 62.3 Å². The van der Waals surface area contributed by atoms with Crippen molar-refractivity contribution in [2.45, 2.75) is 38.5 Å². The molecule has 0 aliphatic carbocycles. The van der Waals surface area contributed by atoms with Gasteiger partial charge in [-0.2, -0.15) is 0 Å². The summed E-state index contributed by atoms with van der Waals surface area (Å²) in [6, 6.07) is 9.56. The van der Waals surface area contributed by atoms with Gasteiger partial charge >= 0.3 is 0 Å². The van der Waals surface area contributed by atoms with Crippen LogP contribution in [0.4, 0.5) is 0 Å². The van der Waals surface area contributed by atoms with Gasteiger partial charge in [-0.1, -0.05) is 6.07 Å². The molecule has 1 N–H and O–H groups in total. The summed E-state index contributed by atoms with van der Waals surface area (Å²) in [6.45, 7) is 5.05. The molecule has 2 heterocycles. The first-order chi connectivity index (χ1) is 12.9. The van der Waals surface area contributed by atoms with Gasteiger partial charge in [0.05, 0.1) is 19.7 Å². The number of benzene rings is 1. The molecule has 27 heavy (non-hydrogen) atoms. The van der Waals surface area contributed by atoms with Crippen LogP contribution in [0.15, 0.2) is 42.7 Å². The summed E-state index contributed by atoms with van der Waals surface area (Å²) in [6.07, 6.45) is 4.28. The number of fused-ring (bicyclic) bond motifs is 1. The zero-order valence-electron chi connectivity index (χ0n) is 16.4. The number of carbonyl (C=O) groups is 1. The topological polar surface area (TPSA) is 63.7 Å². The van der Waals surface area contributed by atoms with Crippen molar-refractivity contribution in [2.75, 3.05) is 20.7 Å². The fraction of sp³-hybridized carbons (Fsp3) is 0.429. The lowest BCUT2D eigenvalue weighted by molar-refractivity contribution is -0.123. The normalized spacial score (nSPS) is 17.7. The highest BCUT2D eigenvalue weighted by Gasteiger charge is 2.34. The molecule has 3 rings (SSSR count). The monoisotopic (exact) mass is 369 g/mol. The number of ether oxygens (including phenoxy) is 2. The van der Waals surface area contributed by atoms with Crippen molar-refractivity contribution in [3.8, 4) is 11.5 Å². The van der Waals surface area contributed by atoms with E-state index in [9.17, 15) is 4.79 Å². The van der Waals surface area contributed by atoms with Gasteiger partial charge in [0.15, 0.2) is 0 Å². The lowest BCUT2D eigenvalue weighted by atomic mass is 9.89. The number of aromatic nitrogens is 1. The number of hydrogen-bond donors (Lipinski definition) is 1. The number of nitrogens with one attached hydrogen (secondary N) is 1. The van der Waals surface area contributed by atoms with E-state index in [1.165, 1.54) is 0 Å². The quantitative estimate of drug-likeness (QED) is 0.848. The largest absolute Gasteiger partial charge is 0.497 e. The molecule has 1 aliphatic rings. The van der Waals surface area contributed by atoms with Gasteiger partial charge in [-0.3, -0.25) is 14.7 Å². The van der Waals surface area contributed by atoms with Crippen LogP contribution >= 0.6 is 0 Å². The Bertz CT molecular complexity index is 793. The van der Waals surface area contributed by atoms with Crippen LogP contribution in [-0.4, -0.2) is 42.1 Å². The fourth-order valence-corrected chi connectivity index (χ4v) is 3.43. The average molecular weight is 369 g/mol. The number of likely N-dealkylation sites (N-methyl/N-ethyl adjacent to an activating group) is 1. The van der Waals surface area contributed by atoms with Crippen molar-refractivity contribution >= 4 is 5.91 Å². The van der Waals surface area contributed by atoms with Crippen LogP contribution in [0.1, 0.15) is 37.4 Å². The van der Waals surface area contributed by atoms with Gasteiger partial charge in [0, 0.05) is 37.0 Å². The summed E-state index contributed by atoms with van der Waals surface area (Å²) in [7, 11) is 3.56. The molecule has 1 aliphatic heterocycles. The zero-order chi connectivity index (χ0) is 19.4. The summed E-state index contributed by atoms with van der Waals surface area (Å²) in [5.41, 5.74) is 1.70. The third kappa shape index (κ3) is 4.98. The Hall–Kier alpha value is -2.60. The molecule has 0 spiro atoms. The molecule has 1 atom stereocenters. The van der Waals surface area contributed by atoms with E-state index in [-0.39, 0.29) is 17.6 Å². The highest BCUT2D eigenvalue weighted by Crippen LogP contribution is 2.41. The van der Waals surface area contributed by atoms with Gasteiger partial charge in [0.25, 0.3) is 0 Å². The molecule has 1 aromatic heterocycles. The zero-order valence-corrected chi connectivity index (χ0v) is 16.4. The molecule has 6 heteroatoms. The number of methoxy groups -OCH3 is 1. The maximum atomic E-state index is 12.6. The molecule has 2 aromatic rings. The second-order valence-electron chi connectivity index (χ2n) is 7.62. The van der Waals surface area contributed by atoms with Gasteiger partial charge in [-0.25, -0.2) is 0 Å². The maximum absolute atomic E-state index is 12.6. The summed E-state index contributed by atoms with van der Waals surface area (Å²) in [5, 5.41) is 3.17. The molecule has 0 saturated carbocycles. The highest BCUT2D eigenvalue weighted by atomic mass is 16.5. The predicted molar refractivity (Wildman–Crippen MR) is 104 cm³/mol. The molecule has 1 aromatic carbocycles. The Kier molecular flexibility index (Phi) is 5.65. The number of amides is 1. The first-order valence-electron chi connectivity index (χ1n) is 9.10. The number of hydrogen-bond acceptors (Lipinski definition) is 5. The van der Waals surface area contributed by atoms with Crippen LogP contribution in [0.3, 0.4) is 0 Å². The molecular weight excluding hydrogens is 342 g/mol. The van der Waals surface area contributed by atoms with Crippen molar-refractivity contribution in [1.29, 1.82) is 0 Å². The van der Waals surface area contributed by atoms with Crippen molar-refractivity contribution in [3.05, 3.63) is 53.9 Å². The van der Waals surface area contributed by atoms with Crippen LogP contribution < -0.4 is 14.8 Å². The second kappa shape index (κ2) is 7.96. The Labute approximate surface area is 160 Å².